The zero-order valence-electron chi connectivity index (χ0n) is 12.5. The van der Waals surface area contributed by atoms with E-state index in [2.05, 4.69) is 48.9 Å². The van der Waals surface area contributed by atoms with Gasteiger partial charge in [-0.05, 0) is 52.1 Å². The van der Waals surface area contributed by atoms with Crippen molar-refractivity contribution >= 4 is 0 Å². The third-order valence-corrected chi connectivity index (χ3v) is 4.49. The van der Waals surface area contributed by atoms with Gasteiger partial charge in [0, 0.05) is 12.1 Å². The number of aryl methyl sites for hydroxylation is 1. The Morgan fingerprint density at radius 2 is 2.21 bits per heavy atom. The molecule has 4 heteroatoms. The lowest BCUT2D eigenvalue weighted by Gasteiger charge is -2.36. The Morgan fingerprint density at radius 1 is 1.47 bits per heavy atom. The van der Waals surface area contributed by atoms with E-state index in [9.17, 15) is 5.26 Å². The molecule has 0 saturated heterocycles. The summed E-state index contributed by atoms with van der Waals surface area (Å²) in [4.78, 5) is 0. The van der Waals surface area contributed by atoms with Crippen LogP contribution in [0.2, 0.25) is 0 Å². The molecule has 1 saturated carbocycles. The summed E-state index contributed by atoms with van der Waals surface area (Å²) in [6, 6.07) is 2.85. The summed E-state index contributed by atoms with van der Waals surface area (Å²) in [5.74, 6) is 0. The molecule has 0 spiro atoms. The van der Waals surface area contributed by atoms with E-state index in [1.54, 1.807) is 0 Å². The molecule has 1 fully saturated rings. The molecule has 4 nitrogen and oxygen atoms in total. The molecule has 2 unspecified atom stereocenters. The zero-order valence-corrected chi connectivity index (χ0v) is 12.5. The average molecular weight is 260 g/mol. The van der Waals surface area contributed by atoms with Crippen LogP contribution in [0.25, 0.3) is 0 Å². The van der Waals surface area contributed by atoms with Crippen molar-refractivity contribution in [3.63, 3.8) is 0 Å². The second kappa shape index (κ2) is 5.34. The van der Waals surface area contributed by atoms with E-state index < -0.39 is 0 Å². The Kier molecular flexibility index (Phi) is 3.96. The molecule has 0 bridgehead atoms. The van der Waals surface area contributed by atoms with E-state index in [1.165, 1.54) is 11.3 Å². The highest BCUT2D eigenvalue weighted by Crippen LogP contribution is 2.36. The van der Waals surface area contributed by atoms with E-state index in [4.69, 9.17) is 0 Å². The molecular weight excluding hydrogens is 236 g/mol. The summed E-state index contributed by atoms with van der Waals surface area (Å²) in [7, 11) is 0. The molecule has 2 rings (SSSR count). The maximum atomic E-state index is 9.52. The fourth-order valence-electron chi connectivity index (χ4n) is 3.20. The first-order chi connectivity index (χ1) is 9.03. The monoisotopic (exact) mass is 260 g/mol. The SMILES string of the molecule is CCNC1(C#N)CCCC(n2nc(C)c(C)c2C)C1. The number of aromatic nitrogens is 2. The number of hydrogen-bond acceptors (Lipinski definition) is 3. The Labute approximate surface area is 115 Å². The first-order valence-electron chi connectivity index (χ1n) is 7.21. The van der Waals surface area contributed by atoms with Gasteiger partial charge in [0.1, 0.15) is 5.54 Å². The summed E-state index contributed by atoms with van der Waals surface area (Å²) >= 11 is 0. The van der Waals surface area contributed by atoms with Gasteiger partial charge in [0.2, 0.25) is 0 Å². The van der Waals surface area contributed by atoms with Crippen LogP contribution < -0.4 is 5.32 Å². The van der Waals surface area contributed by atoms with E-state index in [0.717, 1.165) is 37.9 Å². The van der Waals surface area contributed by atoms with Crippen molar-refractivity contribution in [2.75, 3.05) is 6.54 Å². The molecule has 0 radical (unpaired) electrons. The molecule has 1 aromatic heterocycles. The van der Waals surface area contributed by atoms with Crippen LogP contribution in [0.5, 0.6) is 0 Å². The number of nitrogens with one attached hydrogen (secondary N) is 1. The van der Waals surface area contributed by atoms with Crippen molar-refractivity contribution in [3.8, 4) is 6.07 Å². The van der Waals surface area contributed by atoms with Crippen molar-refractivity contribution < 1.29 is 0 Å². The highest BCUT2D eigenvalue weighted by molar-refractivity contribution is 5.23. The standard InChI is InChI=1S/C15H24N4/c1-5-17-15(10-16)8-6-7-14(9-15)19-13(4)11(2)12(3)18-19/h14,17H,5-9H2,1-4H3. The predicted molar refractivity (Wildman–Crippen MR) is 76.0 cm³/mol. The van der Waals surface area contributed by atoms with Gasteiger partial charge in [-0.15, -0.1) is 0 Å². The lowest BCUT2D eigenvalue weighted by molar-refractivity contribution is 0.220. The maximum Gasteiger partial charge on any atom is 0.108 e. The molecular formula is C15H24N4. The first kappa shape index (κ1) is 14.1. The predicted octanol–water partition coefficient (Wildman–Crippen LogP) is 2.80. The van der Waals surface area contributed by atoms with Gasteiger partial charge >= 0.3 is 0 Å². The van der Waals surface area contributed by atoms with Crippen LogP contribution in [0.1, 0.15) is 55.6 Å². The molecule has 2 atom stereocenters. The van der Waals surface area contributed by atoms with Gasteiger partial charge in [-0.1, -0.05) is 6.92 Å². The molecule has 0 aliphatic heterocycles. The highest BCUT2D eigenvalue weighted by Gasteiger charge is 2.37. The molecule has 0 amide bonds. The van der Waals surface area contributed by atoms with E-state index in [-0.39, 0.29) is 5.54 Å². The number of nitrogens with zero attached hydrogens (tertiary/aromatic N) is 3. The molecule has 1 heterocycles. The van der Waals surface area contributed by atoms with E-state index in [1.807, 2.05) is 0 Å². The van der Waals surface area contributed by atoms with Crippen LogP contribution >= 0.6 is 0 Å². The van der Waals surface area contributed by atoms with Crippen molar-refractivity contribution in [2.45, 2.75) is 65.0 Å². The van der Waals surface area contributed by atoms with E-state index >= 15 is 0 Å². The second-order valence-electron chi connectivity index (χ2n) is 5.71. The number of hydrogen-bond donors (Lipinski definition) is 1. The maximum absolute atomic E-state index is 9.52. The second-order valence-corrected chi connectivity index (χ2v) is 5.71. The number of rotatable bonds is 3. The lowest BCUT2D eigenvalue weighted by atomic mass is 9.80. The van der Waals surface area contributed by atoms with Crippen LogP contribution in [-0.2, 0) is 0 Å². The van der Waals surface area contributed by atoms with Crippen molar-refractivity contribution in [1.82, 2.24) is 15.1 Å². The van der Waals surface area contributed by atoms with Gasteiger partial charge < -0.3 is 0 Å². The minimum atomic E-state index is -0.363. The van der Waals surface area contributed by atoms with E-state index in [0.29, 0.717) is 6.04 Å². The molecule has 0 aromatic carbocycles. The normalized spacial score (nSPS) is 27.2. The average Bonchev–Trinajstić information content (AvgIpc) is 2.67. The van der Waals surface area contributed by atoms with Crippen molar-refractivity contribution in [3.05, 3.63) is 17.0 Å². The Bertz CT molecular complexity index is 493. The topological polar surface area (TPSA) is 53.6 Å². The summed E-state index contributed by atoms with van der Waals surface area (Å²) < 4.78 is 2.15. The Morgan fingerprint density at radius 3 is 2.74 bits per heavy atom. The molecule has 1 aromatic rings. The van der Waals surface area contributed by atoms with Crippen LogP contribution in [0.3, 0.4) is 0 Å². The third kappa shape index (κ3) is 2.52. The lowest BCUT2D eigenvalue weighted by Crippen LogP contribution is -2.48. The molecule has 19 heavy (non-hydrogen) atoms. The van der Waals surface area contributed by atoms with Gasteiger partial charge in [0.15, 0.2) is 0 Å². The van der Waals surface area contributed by atoms with Crippen molar-refractivity contribution in [1.29, 1.82) is 5.26 Å². The third-order valence-electron chi connectivity index (χ3n) is 4.49. The van der Waals surface area contributed by atoms with Gasteiger partial charge in [-0.25, -0.2) is 0 Å². The Hall–Kier alpha value is -1.34. The quantitative estimate of drug-likeness (QED) is 0.909. The fourth-order valence-corrected chi connectivity index (χ4v) is 3.20. The smallest absolute Gasteiger partial charge is 0.108 e. The molecule has 1 N–H and O–H groups in total. The molecule has 1 aliphatic rings. The van der Waals surface area contributed by atoms with Crippen LogP contribution in [0, 0.1) is 32.1 Å². The summed E-state index contributed by atoms with van der Waals surface area (Å²) in [5.41, 5.74) is 3.26. The van der Waals surface area contributed by atoms with Gasteiger partial charge in [-0.3, -0.25) is 10.00 Å². The highest BCUT2D eigenvalue weighted by atomic mass is 15.3. The number of nitriles is 1. The van der Waals surface area contributed by atoms with Crippen LogP contribution in [0.15, 0.2) is 0 Å². The minimum Gasteiger partial charge on any atom is -0.300 e. The molecule has 1 aliphatic carbocycles. The summed E-state index contributed by atoms with van der Waals surface area (Å²) in [6.07, 6.45) is 4.02. The van der Waals surface area contributed by atoms with Gasteiger partial charge in [0.25, 0.3) is 0 Å². The van der Waals surface area contributed by atoms with Crippen LogP contribution in [0.4, 0.5) is 0 Å². The zero-order chi connectivity index (χ0) is 14.0. The van der Waals surface area contributed by atoms with Gasteiger partial charge in [0.05, 0.1) is 17.8 Å². The Balaban J connectivity index is 2.26. The summed E-state index contributed by atoms with van der Waals surface area (Å²) in [6.45, 7) is 9.22. The first-order valence-corrected chi connectivity index (χ1v) is 7.21. The molecule has 104 valence electrons. The van der Waals surface area contributed by atoms with Gasteiger partial charge in [-0.2, -0.15) is 10.4 Å². The summed E-state index contributed by atoms with van der Waals surface area (Å²) in [5, 5.41) is 17.6. The largest absolute Gasteiger partial charge is 0.300 e. The fraction of sp³-hybridized carbons (Fsp3) is 0.733. The van der Waals surface area contributed by atoms with Crippen molar-refractivity contribution in [2.24, 2.45) is 0 Å². The minimum absolute atomic E-state index is 0.347. The van der Waals surface area contributed by atoms with Crippen LogP contribution in [-0.4, -0.2) is 21.9 Å².